The number of ether oxygens (including phenoxy) is 1. The Labute approximate surface area is 108 Å². The summed E-state index contributed by atoms with van der Waals surface area (Å²) in [5.74, 6) is -1.92. The average Bonchev–Trinajstić information content (AvgIpc) is 2.98. The molecule has 19 heavy (non-hydrogen) atoms. The van der Waals surface area contributed by atoms with Crippen molar-refractivity contribution in [1.82, 2.24) is 4.90 Å². The number of fused-ring (bicyclic) bond motifs is 1. The maximum absolute atomic E-state index is 12.2. The highest BCUT2D eigenvalue weighted by atomic mass is 16.5. The number of hydrogen-bond acceptors (Lipinski definition) is 4. The summed E-state index contributed by atoms with van der Waals surface area (Å²) in [5, 5.41) is 8.92. The van der Waals surface area contributed by atoms with E-state index in [4.69, 9.17) is 9.84 Å². The minimum Gasteiger partial charge on any atom is -0.478 e. The lowest BCUT2D eigenvalue weighted by atomic mass is 10.1. The summed E-state index contributed by atoms with van der Waals surface area (Å²) in [6.07, 6.45) is 0.622. The lowest BCUT2D eigenvalue weighted by molar-refractivity contribution is 0.0565. The molecule has 2 aliphatic heterocycles. The zero-order chi connectivity index (χ0) is 13.6. The summed E-state index contributed by atoms with van der Waals surface area (Å²) >= 11 is 0. The van der Waals surface area contributed by atoms with Crippen molar-refractivity contribution in [3.63, 3.8) is 0 Å². The van der Waals surface area contributed by atoms with Crippen molar-refractivity contribution in [3.05, 3.63) is 34.9 Å². The monoisotopic (exact) mass is 261 g/mol. The average molecular weight is 261 g/mol. The molecule has 2 amide bonds. The number of carboxylic acids is 1. The first kappa shape index (κ1) is 11.9. The fourth-order valence-corrected chi connectivity index (χ4v) is 2.45. The van der Waals surface area contributed by atoms with E-state index in [9.17, 15) is 14.4 Å². The molecule has 98 valence electrons. The van der Waals surface area contributed by atoms with Crippen LogP contribution in [0.15, 0.2) is 18.2 Å². The van der Waals surface area contributed by atoms with Gasteiger partial charge in [0, 0.05) is 6.61 Å². The Morgan fingerprint density at radius 2 is 2.00 bits per heavy atom. The van der Waals surface area contributed by atoms with E-state index in [1.54, 1.807) is 0 Å². The number of benzene rings is 1. The zero-order valence-corrected chi connectivity index (χ0v) is 9.96. The van der Waals surface area contributed by atoms with Crippen LogP contribution in [0.5, 0.6) is 0 Å². The van der Waals surface area contributed by atoms with E-state index in [0.29, 0.717) is 19.6 Å². The summed E-state index contributed by atoms with van der Waals surface area (Å²) in [4.78, 5) is 36.5. The summed E-state index contributed by atoms with van der Waals surface area (Å²) in [6, 6.07) is 3.74. The number of rotatable bonds is 2. The number of nitrogens with zero attached hydrogens (tertiary/aromatic N) is 1. The third-order valence-corrected chi connectivity index (χ3v) is 3.44. The van der Waals surface area contributed by atoms with Crippen molar-refractivity contribution < 1.29 is 24.2 Å². The van der Waals surface area contributed by atoms with Gasteiger partial charge in [-0.3, -0.25) is 14.5 Å². The number of carbonyl (C=O) groups is 3. The van der Waals surface area contributed by atoms with Crippen LogP contribution >= 0.6 is 0 Å². The van der Waals surface area contributed by atoms with Crippen LogP contribution in [0, 0.1) is 0 Å². The van der Waals surface area contributed by atoms with Crippen LogP contribution in [0.2, 0.25) is 0 Å². The molecule has 1 aromatic carbocycles. The second kappa shape index (κ2) is 4.17. The van der Waals surface area contributed by atoms with Crippen molar-refractivity contribution in [2.75, 3.05) is 13.2 Å². The Hall–Kier alpha value is -2.21. The summed E-state index contributed by atoms with van der Waals surface area (Å²) < 4.78 is 5.19. The molecular weight excluding hydrogens is 250 g/mol. The number of carboxylic acid groups (broad SMARTS) is 1. The van der Waals surface area contributed by atoms with Gasteiger partial charge in [-0.15, -0.1) is 0 Å². The first-order valence-electron chi connectivity index (χ1n) is 5.92. The highest BCUT2D eigenvalue weighted by molar-refractivity contribution is 6.22. The highest BCUT2D eigenvalue weighted by Crippen LogP contribution is 2.28. The van der Waals surface area contributed by atoms with Crippen molar-refractivity contribution in [1.29, 1.82) is 0 Å². The third-order valence-electron chi connectivity index (χ3n) is 3.44. The number of aromatic carboxylic acids is 1. The molecule has 1 fully saturated rings. The first-order valence-corrected chi connectivity index (χ1v) is 5.92. The van der Waals surface area contributed by atoms with Gasteiger partial charge in [-0.1, -0.05) is 0 Å². The van der Waals surface area contributed by atoms with Crippen LogP contribution in [0.3, 0.4) is 0 Å². The molecular formula is C13H11NO5. The van der Waals surface area contributed by atoms with E-state index in [1.165, 1.54) is 23.1 Å². The molecule has 2 heterocycles. The Morgan fingerprint density at radius 1 is 1.26 bits per heavy atom. The molecule has 0 bridgehead atoms. The third kappa shape index (κ3) is 1.72. The van der Waals surface area contributed by atoms with E-state index < -0.39 is 11.9 Å². The molecule has 1 atom stereocenters. The molecule has 1 N–H and O–H groups in total. The minimum atomic E-state index is -1.12. The van der Waals surface area contributed by atoms with Gasteiger partial charge in [0.25, 0.3) is 11.8 Å². The number of amides is 2. The lowest BCUT2D eigenvalue weighted by Crippen LogP contribution is -2.40. The maximum Gasteiger partial charge on any atom is 0.335 e. The van der Waals surface area contributed by atoms with E-state index in [0.717, 1.165) is 0 Å². The van der Waals surface area contributed by atoms with Crippen LogP contribution in [0.4, 0.5) is 0 Å². The molecule has 6 nitrogen and oxygen atoms in total. The normalized spacial score (nSPS) is 21.9. The van der Waals surface area contributed by atoms with Crippen LogP contribution in [-0.4, -0.2) is 47.0 Å². The quantitative estimate of drug-likeness (QED) is 0.795. The molecule has 0 radical (unpaired) electrons. The van der Waals surface area contributed by atoms with Gasteiger partial charge >= 0.3 is 5.97 Å². The molecule has 2 aliphatic rings. The molecule has 3 rings (SSSR count). The van der Waals surface area contributed by atoms with E-state index in [-0.39, 0.29) is 28.6 Å². The fourth-order valence-electron chi connectivity index (χ4n) is 2.45. The van der Waals surface area contributed by atoms with Crippen LogP contribution in [0.25, 0.3) is 0 Å². The van der Waals surface area contributed by atoms with Gasteiger partial charge in [0.05, 0.1) is 29.3 Å². The second-order valence-electron chi connectivity index (χ2n) is 4.56. The first-order chi connectivity index (χ1) is 9.09. The summed E-state index contributed by atoms with van der Waals surface area (Å²) in [7, 11) is 0. The SMILES string of the molecule is O=C(O)c1ccc2c(c1)C(=O)N(C1CCOC1)C2=O. The van der Waals surface area contributed by atoms with Crippen molar-refractivity contribution in [3.8, 4) is 0 Å². The van der Waals surface area contributed by atoms with Gasteiger partial charge in [-0.2, -0.15) is 0 Å². The van der Waals surface area contributed by atoms with Gasteiger partial charge in [-0.25, -0.2) is 4.79 Å². The highest BCUT2D eigenvalue weighted by Gasteiger charge is 2.41. The lowest BCUT2D eigenvalue weighted by Gasteiger charge is -2.19. The summed E-state index contributed by atoms with van der Waals surface area (Å²) in [6.45, 7) is 0.871. The molecule has 1 unspecified atom stereocenters. The van der Waals surface area contributed by atoms with Gasteiger partial charge in [-0.05, 0) is 24.6 Å². The van der Waals surface area contributed by atoms with Crippen molar-refractivity contribution in [2.45, 2.75) is 12.5 Å². The van der Waals surface area contributed by atoms with Crippen LogP contribution in [-0.2, 0) is 4.74 Å². The Kier molecular flexibility index (Phi) is 2.60. The van der Waals surface area contributed by atoms with Gasteiger partial charge in [0.15, 0.2) is 0 Å². The van der Waals surface area contributed by atoms with Gasteiger partial charge in [0.1, 0.15) is 0 Å². The molecule has 0 aliphatic carbocycles. The second-order valence-corrected chi connectivity index (χ2v) is 4.56. The fraction of sp³-hybridized carbons (Fsp3) is 0.308. The van der Waals surface area contributed by atoms with Gasteiger partial charge in [0.2, 0.25) is 0 Å². The molecule has 0 saturated carbocycles. The topological polar surface area (TPSA) is 83.9 Å². The molecule has 0 aromatic heterocycles. The molecule has 0 spiro atoms. The molecule has 6 heteroatoms. The Bertz CT molecular complexity index is 589. The largest absolute Gasteiger partial charge is 0.478 e. The van der Waals surface area contributed by atoms with Crippen molar-refractivity contribution >= 4 is 17.8 Å². The number of hydrogen-bond donors (Lipinski definition) is 1. The maximum atomic E-state index is 12.2. The Morgan fingerprint density at radius 3 is 2.63 bits per heavy atom. The standard InChI is InChI=1S/C13H11NO5/c15-11-9-2-1-7(13(17)18)5-10(9)12(16)14(11)8-3-4-19-6-8/h1-2,5,8H,3-4,6H2,(H,17,18). The zero-order valence-electron chi connectivity index (χ0n) is 9.96. The van der Waals surface area contributed by atoms with Gasteiger partial charge < -0.3 is 9.84 Å². The smallest absolute Gasteiger partial charge is 0.335 e. The summed E-state index contributed by atoms with van der Waals surface area (Å²) in [5.41, 5.74) is 0.433. The predicted octanol–water partition coefficient (Wildman–Crippen LogP) is 0.770. The minimum absolute atomic E-state index is 0.00409. The number of imide groups is 1. The van der Waals surface area contributed by atoms with E-state index >= 15 is 0 Å². The van der Waals surface area contributed by atoms with Crippen LogP contribution in [0.1, 0.15) is 37.5 Å². The van der Waals surface area contributed by atoms with E-state index in [1.807, 2.05) is 0 Å². The Balaban J connectivity index is 2.01. The van der Waals surface area contributed by atoms with Crippen molar-refractivity contribution in [2.24, 2.45) is 0 Å². The number of carbonyl (C=O) groups excluding carboxylic acids is 2. The molecule has 1 saturated heterocycles. The molecule has 1 aromatic rings. The van der Waals surface area contributed by atoms with Crippen LogP contribution < -0.4 is 0 Å². The van der Waals surface area contributed by atoms with E-state index in [2.05, 4.69) is 0 Å². The predicted molar refractivity (Wildman–Crippen MR) is 63.1 cm³/mol.